The van der Waals surface area contributed by atoms with Gasteiger partial charge < -0.3 is 5.73 Å². The summed E-state index contributed by atoms with van der Waals surface area (Å²) in [5, 5.41) is 0. The number of hydrogen-bond donors (Lipinski definition) is 1. The molecule has 2 N–H and O–H groups in total. The van der Waals surface area contributed by atoms with Crippen LogP contribution >= 0.6 is 0 Å². The van der Waals surface area contributed by atoms with Crippen molar-refractivity contribution in [3.63, 3.8) is 0 Å². The predicted octanol–water partition coefficient (Wildman–Crippen LogP) is 2.62. The zero-order valence-corrected chi connectivity index (χ0v) is 11.0. The van der Waals surface area contributed by atoms with E-state index in [9.17, 15) is 0 Å². The maximum Gasteiger partial charge on any atom is 0.0246 e. The van der Waals surface area contributed by atoms with Crippen LogP contribution < -0.4 is 5.73 Å². The van der Waals surface area contributed by atoms with Gasteiger partial charge in [0.25, 0.3) is 0 Å². The number of piperidine rings is 1. The molecule has 1 saturated carbocycles. The number of likely N-dealkylation sites (tertiary alicyclic amines) is 1. The van der Waals surface area contributed by atoms with Crippen molar-refractivity contribution < 1.29 is 0 Å². The van der Waals surface area contributed by atoms with E-state index >= 15 is 0 Å². The summed E-state index contributed by atoms with van der Waals surface area (Å²) in [4.78, 5) is 2.77. The van der Waals surface area contributed by atoms with Crippen LogP contribution in [0.4, 0.5) is 0 Å². The van der Waals surface area contributed by atoms with Gasteiger partial charge in [-0.1, -0.05) is 26.7 Å². The Labute approximate surface area is 101 Å². The van der Waals surface area contributed by atoms with E-state index in [0.717, 1.165) is 24.4 Å². The van der Waals surface area contributed by atoms with Gasteiger partial charge in [-0.15, -0.1) is 0 Å². The molecular weight excluding hydrogens is 196 g/mol. The lowest BCUT2D eigenvalue weighted by atomic mass is 9.87. The van der Waals surface area contributed by atoms with Crippen molar-refractivity contribution in [3.8, 4) is 0 Å². The molecule has 0 spiro atoms. The van der Waals surface area contributed by atoms with Gasteiger partial charge in [0.15, 0.2) is 0 Å². The van der Waals surface area contributed by atoms with E-state index in [1.54, 1.807) is 0 Å². The molecule has 2 rings (SSSR count). The second-order valence-electron chi connectivity index (χ2n) is 5.83. The Hall–Kier alpha value is -0.0800. The summed E-state index contributed by atoms with van der Waals surface area (Å²) in [6, 6.07) is 1.51. The molecule has 0 bridgehead atoms. The Morgan fingerprint density at radius 2 is 2.00 bits per heavy atom. The lowest BCUT2D eigenvalue weighted by Crippen LogP contribution is -2.53. The van der Waals surface area contributed by atoms with Gasteiger partial charge in [-0.05, 0) is 44.1 Å². The normalized spacial score (nSPS) is 34.7. The fraction of sp³-hybridized carbons (Fsp3) is 1.00. The number of fused-ring (bicyclic) bond motifs is 1. The molecule has 0 amide bonds. The summed E-state index contributed by atoms with van der Waals surface area (Å²) >= 11 is 0. The first-order valence-corrected chi connectivity index (χ1v) is 7.23. The Morgan fingerprint density at radius 1 is 1.25 bits per heavy atom. The van der Waals surface area contributed by atoms with Crippen LogP contribution in [0.25, 0.3) is 0 Å². The van der Waals surface area contributed by atoms with E-state index < -0.39 is 0 Å². The van der Waals surface area contributed by atoms with E-state index in [0.29, 0.717) is 6.04 Å². The van der Waals surface area contributed by atoms with E-state index in [1.807, 2.05) is 0 Å². The summed E-state index contributed by atoms with van der Waals surface area (Å²) in [7, 11) is 0. The van der Waals surface area contributed by atoms with Crippen LogP contribution in [0.2, 0.25) is 0 Å². The maximum absolute atomic E-state index is 6.02. The molecule has 2 fully saturated rings. The van der Waals surface area contributed by atoms with Gasteiger partial charge in [-0.25, -0.2) is 0 Å². The van der Waals surface area contributed by atoms with Crippen molar-refractivity contribution in [1.82, 2.24) is 4.90 Å². The Balaban J connectivity index is 2.05. The summed E-state index contributed by atoms with van der Waals surface area (Å²) in [5.74, 6) is 1.75. The van der Waals surface area contributed by atoms with E-state index in [4.69, 9.17) is 5.73 Å². The quantitative estimate of drug-likeness (QED) is 0.795. The summed E-state index contributed by atoms with van der Waals surface area (Å²) in [6.07, 6.45) is 8.48. The predicted molar refractivity (Wildman–Crippen MR) is 69.4 cm³/mol. The minimum Gasteiger partial charge on any atom is -0.329 e. The molecule has 2 heteroatoms. The number of nitrogens with two attached hydrogens (primary N) is 1. The molecule has 2 aliphatic rings. The summed E-state index contributed by atoms with van der Waals surface area (Å²) < 4.78 is 0. The Kier molecular flexibility index (Phi) is 4.26. The topological polar surface area (TPSA) is 29.3 Å². The van der Waals surface area contributed by atoms with Crippen molar-refractivity contribution in [1.29, 1.82) is 0 Å². The minimum atomic E-state index is 0.635. The third-order valence-electron chi connectivity index (χ3n) is 5.00. The minimum absolute atomic E-state index is 0.635. The van der Waals surface area contributed by atoms with Crippen molar-refractivity contribution in [2.24, 2.45) is 17.6 Å². The maximum atomic E-state index is 6.02. The van der Waals surface area contributed by atoms with Crippen LogP contribution in [0, 0.1) is 11.8 Å². The van der Waals surface area contributed by atoms with E-state index in [2.05, 4.69) is 18.7 Å². The highest BCUT2D eigenvalue weighted by atomic mass is 15.2. The first-order valence-electron chi connectivity index (χ1n) is 7.23. The van der Waals surface area contributed by atoms with Gasteiger partial charge in [0, 0.05) is 18.6 Å². The first-order chi connectivity index (χ1) is 7.77. The average Bonchev–Trinajstić information content (AvgIpc) is 2.78. The van der Waals surface area contributed by atoms with E-state index in [-0.39, 0.29) is 0 Å². The zero-order chi connectivity index (χ0) is 11.5. The monoisotopic (exact) mass is 224 g/mol. The summed E-state index contributed by atoms with van der Waals surface area (Å²) in [6.45, 7) is 6.81. The molecule has 0 aromatic rings. The van der Waals surface area contributed by atoms with Crippen molar-refractivity contribution >= 4 is 0 Å². The van der Waals surface area contributed by atoms with Crippen LogP contribution in [-0.2, 0) is 0 Å². The lowest BCUT2D eigenvalue weighted by molar-refractivity contribution is 0.0456. The van der Waals surface area contributed by atoms with Crippen molar-refractivity contribution in [2.75, 3.05) is 13.1 Å². The molecule has 0 aromatic carbocycles. The van der Waals surface area contributed by atoms with Crippen LogP contribution in [-0.4, -0.2) is 30.1 Å². The lowest BCUT2D eigenvalue weighted by Gasteiger charge is -2.44. The number of hydrogen-bond acceptors (Lipinski definition) is 2. The van der Waals surface area contributed by atoms with Gasteiger partial charge in [-0.3, -0.25) is 4.90 Å². The van der Waals surface area contributed by atoms with Gasteiger partial charge >= 0.3 is 0 Å². The third-order valence-corrected chi connectivity index (χ3v) is 5.00. The highest BCUT2D eigenvalue weighted by Crippen LogP contribution is 2.38. The molecule has 1 aliphatic carbocycles. The van der Waals surface area contributed by atoms with E-state index in [1.165, 1.54) is 45.1 Å². The molecule has 2 nitrogen and oxygen atoms in total. The second-order valence-corrected chi connectivity index (χ2v) is 5.83. The molecule has 4 unspecified atom stereocenters. The van der Waals surface area contributed by atoms with Gasteiger partial charge in [0.2, 0.25) is 0 Å². The third kappa shape index (κ3) is 2.28. The highest BCUT2D eigenvalue weighted by Gasteiger charge is 2.38. The molecule has 94 valence electrons. The van der Waals surface area contributed by atoms with Crippen molar-refractivity contribution in [3.05, 3.63) is 0 Å². The van der Waals surface area contributed by atoms with Crippen LogP contribution in [0.5, 0.6) is 0 Å². The molecule has 16 heavy (non-hydrogen) atoms. The standard InChI is InChI=1S/C14H28N2/c1-3-11(2)14(10-15)16-9-5-7-12-6-4-8-13(12)16/h11-14H,3-10,15H2,1-2H3. The van der Waals surface area contributed by atoms with Crippen molar-refractivity contribution in [2.45, 2.75) is 64.5 Å². The number of rotatable bonds is 4. The molecule has 1 aliphatic heterocycles. The fourth-order valence-electron chi connectivity index (χ4n) is 3.87. The average molecular weight is 224 g/mol. The molecule has 0 radical (unpaired) electrons. The van der Waals surface area contributed by atoms with Gasteiger partial charge in [0.1, 0.15) is 0 Å². The second kappa shape index (κ2) is 5.50. The number of nitrogens with zero attached hydrogens (tertiary/aromatic N) is 1. The summed E-state index contributed by atoms with van der Waals surface area (Å²) in [5.41, 5.74) is 6.02. The zero-order valence-electron chi connectivity index (χ0n) is 11.0. The first kappa shape index (κ1) is 12.4. The largest absolute Gasteiger partial charge is 0.329 e. The van der Waals surface area contributed by atoms with Crippen LogP contribution in [0.15, 0.2) is 0 Å². The molecule has 4 atom stereocenters. The van der Waals surface area contributed by atoms with Crippen LogP contribution in [0.1, 0.15) is 52.4 Å². The Morgan fingerprint density at radius 3 is 2.69 bits per heavy atom. The van der Waals surface area contributed by atoms with Gasteiger partial charge in [0.05, 0.1) is 0 Å². The molecule has 0 aromatic heterocycles. The van der Waals surface area contributed by atoms with Gasteiger partial charge in [-0.2, -0.15) is 0 Å². The smallest absolute Gasteiger partial charge is 0.0246 e. The molecule has 1 saturated heterocycles. The highest BCUT2D eigenvalue weighted by molar-refractivity contribution is 4.93. The fourth-order valence-corrected chi connectivity index (χ4v) is 3.87. The molecule has 1 heterocycles. The SMILES string of the molecule is CCC(C)C(CN)N1CCCC2CCCC21. The molecular formula is C14H28N2. The van der Waals surface area contributed by atoms with Crippen LogP contribution in [0.3, 0.4) is 0 Å². The Bertz CT molecular complexity index is 217.